The molecule has 1 atom stereocenters. The quantitative estimate of drug-likeness (QED) is 0.832. The van der Waals surface area contributed by atoms with Crippen molar-refractivity contribution in [3.63, 3.8) is 0 Å². The zero-order valence-corrected chi connectivity index (χ0v) is 11.8. The van der Waals surface area contributed by atoms with Crippen molar-refractivity contribution in [3.05, 3.63) is 34.4 Å². The molecular formula is C15H24FN. The van der Waals surface area contributed by atoms with Gasteiger partial charge in [-0.3, -0.25) is 0 Å². The number of alkyl halides is 1. The molecule has 0 heterocycles. The summed E-state index contributed by atoms with van der Waals surface area (Å²) in [4.78, 5) is 0. The maximum atomic E-state index is 15.2. The van der Waals surface area contributed by atoms with E-state index in [1.54, 1.807) is 0 Å². The second-order valence-corrected chi connectivity index (χ2v) is 6.01. The molecule has 0 fully saturated rings. The number of nitrogens with two attached hydrogens (primary N) is 1. The largest absolute Gasteiger partial charge is 0.327 e. The van der Waals surface area contributed by atoms with Gasteiger partial charge in [-0.2, -0.15) is 0 Å². The van der Waals surface area contributed by atoms with Crippen LogP contribution in [0.25, 0.3) is 0 Å². The van der Waals surface area contributed by atoms with Crippen LogP contribution in [0.15, 0.2) is 12.1 Å². The zero-order chi connectivity index (χ0) is 13.4. The third-order valence-electron chi connectivity index (χ3n) is 3.74. The fraction of sp³-hybridized carbons (Fsp3) is 0.600. The lowest BCUT2D eigenvalue weighted by Crippen LogP contribution is -2.43. The lowest BCUT2D eigenvalue weighted by Gasteiger charge is -2.38. The van der Waals surface area contributed by atoms with Crippen molar-refractivity contribution in [1.82, 2.24) is 0 Å². The Bertz CT molecular complexity index is 418. The molecule has 0 radical (unpaired) electrons. The second-order valence-electron chi connectivity index (χ2n) is 6.01. The molecule has 1 aromatic carbocycles. The molecule has 0 aliphatic carbocycles. The van der Waals surface area contributed by atoms with Gasteiger partial charge in [0.15, 0.2) is 5.67 Å². The Morgan fingerprint density at radius 2 is 1.47 bits per heavy atom. The summed E-state index contributed by atoms with van der Waals surface area (Å²) in [5.41, 5.74) is 7.75. The topological polar surface area (TPSA) is 26.0 Å². The lowest BCUT2D eigenvalue weighted by atomic mass is 9.72. The maximum Gasteiger partial charge on any atom is 0.153 e. The van der Waals surface area contributed by atoms with E-state index in [0.717, 1.165) is 16.7 Å². The molecule has 17 heavy (non-hydrogen) atoms. The van der Waals surface area contributed by atoms with Gasteiger partial charge < -0.3 is 5.73 Å². The van der Waals surface area contributed by atoms with E-state index in [-0.39, 0.29) is 6.54 Å². The van der Waals surface area contributed by atoms with Crippen molar-refractivity contribution in [3.8, 4) is 0 Å². The van der Waals surface area contributed by atoms with Gasteiger partial charge in [-0.1, -0.05) is 32.9 Å². The van der Waals surface area contributed by atoms with Crippen molar-refractivity contribution in [2.75, 3.05) is 6.54 Å². The Kier molecular flexibility index (Phi) is 3.68. The number of rotatable bonds is 2. The van der Waals surface area contributed by atoms with Gasteiger partial charge in [-0.15, -0.1) is 0 Å². The molecule has 1 rings (SSSR count). The molecule has 1 aromatic rings. The minimum atomic E-state index is -1.48. The van der Waals surface area contributed by atoms with Gasteiger partial charge in [-0.05, 0) is 43.0 Å². The average Bonchev–Trinajstić information content (AvgIpc) is 2.20. The van der Waals surface area contributed by atoms with Crippen LogP contribution in [0.2, 0.25) is 0 Å². The zero-order valence-electron chi connectivity index (χ0n) is 11.8. The van der Waals surface area contributed by atoms with Crippen LogP contribution in [0.5, 0.6) is 0 Å². The highest BCUT2D eigenvalue weighted by Gasteiger charge is 2.43. The van der Waals surface area contributed by atoms with E-state index in [0.29, 0.717) is 0 Å². The van der Waals surface area contributed by atoms with Crippen LogP contribution in [0.4, 0.5) is 4.39 Å². The number of halogens is 1. The standard InChI is InChI=1S/C15H24FN/c1-10-7-12(3)13(8-11(10)2)15(16,9-17)14(4,5)6/h7-8H,9,17H2,1-6H3. The van der Waals surface area contributed by atoms with Gasteiger partial charge in [0.25, 0.3) is 0 Å². The SMILES string of the molecule is Cc1cc(C)c(C(F)(CN)C(C)(C)C)cc1C. The summed E-state index contributed by atoms with van der Waals surface area (Å²) in [7, 11) is 0. The molecule has 0 saturated heterocycles. The molecule has 0 aromatic heterocycles. The summed E-state index contributed by atoms with van der Waals surface area (Å²) < 4.78 is 15.2. The fourth-order valence-corrected chi connectivity index (χ4v) is 2.21. The number of hydrogen-bond donors (Lipinski definition) is 1. The Balaban J connectivity index is 3.46. The van der Waals surface area contributed by atoms with E-state index in [4.69, 9.17) is 5.73 Å². The predicted molar refractivity (Wildman–Crippen MR) is 71.9 cm³/mol. The van der Waals surface area contributed by atoms with Crippen LogP contribution in [-0.2, 0) is 5.67 Å². The van der Waals surface area contributed by atoms with E-state index < -0.39 is 11.1 Å². The van der Waals surface area contributed by atoms with Crippen LogP contribution < -0.4 is 5.73 Å². The summed E-state index contributed by atoms with van der Waals surface area (Å²) in [5, 5.41) is 0. The molecule has 0 amide bonds. The fourth-order valence-electron chi connectivity index (χ4n) is 2.21. The number of benzene rings is 1. The molecule has 2 N–H and O–H groups in total. The van der Waals surface area contributed by atoms with Crippen molar-refractivity contribution in [2.24, 2.45) is 11.1 Å². The first-order valence-electron chi connectivity index (χ1n) is 6.11. The van der Waals surface area contributed by atoms with E-state index in [1.165, 1.54) is 5.56 Å². The van der Waals surface area contributed by atoms with Gasteiger partial charge in [0.1, 0.15) is 0 Å². The third-order valence-corrected chi connectivity index (χ3v) is 3.74. The van der Waals surface area contributed by atoms with Gasteiger partial charge in [0.05, 0.1) is 0 Å². The third kappa shape index (κ3) is 2.37. The highest BCUT2D eigenvalue weighted by molar-refractivity contribution is 5.41. The van der Waals surface area contributed by atoms with Crippen molar-refractivity contribution >= 4 is 0 Å². The van der Waals surface area contributed by atoms with Crippen LogP contribution in [0.1, 0.15) is 43.0 Å². The molecule has 1 unspecified atom stereocenters. The number of hydrogen-bond acceptors (Lipinski definition) is 1. The van der Waals surface area contributed by atoms with Crippen LogP contribution in [0.3, 0.4) is 0 Å². The van der Waals surface area contributed by atoms with Crippen molar-refractivity contribution in [2.45, 2.75) is 47.2 Å². The smallest absolute Gasteiger partial charge is 0.153 e. The second kappa shape index (κ2) is 4.41. The van der Waals surface area contributed by atoms with Gasteiger partial charge in [-0.25, -0.2) is 4.39 Å². The average molecular weight is 237 g/mol. The first kappa shape index (κ1) is 14.2. The summed E-state index contributed by atoms with van der Waals surface area (Å²) >= 11 is 0. The summed E-state index contributed by atoms with van der Waals surface area (Å²) in [6.07, 6.45) is 0. The monoisotopic (exact) mass is 237 g/mol. The lowest BCUT2D eigenvalue weighted by molar-refractivity contribution is 0.0336. The molecule has 1 nitrogen and oxygen atoms in total. The van der Waals surface area contributed by atoms with E-state index in [9.17, 15) is 0 Å². The summed E-state index contributed by atoms with van der Waals surface area (Å²) in [6.45, 7) is 11.7. The summed E-state index contributed by atoms with van der Waals surface area (Å²) in [6, 6.07) is 3.99. The predicted octanol–water partition coefficient (Wildman–Crippen LogP) is 3.78. The highest BCUT2D eigenvalue weighted by Crippen LogP contribution is 2.44. The Labute approximate surface area is 104 Å². The van der Waals surface area contributed by atoms with Crippen molar-refractivity contribution < 1.29 is 4.39 Å². The molecule has 0 aliphatic heterocycles. The van der Waals surface area contributed by atoms with Gasteiger partial charge in [0.2, 0.25) is 0 Å². The Morgan fingerprint density at radius 3 is 1.88 bits per heavy atom. The molecular weight excluding hydrogens is 213 g/mol. The molecule has 0 spiro atoms. The van der Waals surface area contributed by atoms with E-state index >= 15 is 4.39 Å². The Hall–Kier alpha value is -0.890. The first-order valence-corrected chi connectivity index (χ1v) is 6.11. The molecule has 0 saturated carbocycles. The minimum absolute atomic E-state index is 0.0137. The van der Waals surface area contributed by atoms with E-state index in [2.05, 4.69) is 0 Å². The van der Waals surface area contributed by atoms with Gasteiger partial charge >= 0.3 is 0 Å². The minimum Gasteiger partial charge on any atom is -0.327 e. The first-order chi connectivity index (χ1) is 7.63. The van der Waals surface area contributed by atoms with E-state index in [1.807, 2.05) is 53.7 Å². The molecule has 0 bridgehead atoms. The maximum absolute atomic E-state index is 15.2. The van der Waals surface area contributed by atoms with Crippen LogP contribution >= 0.6 is 0 Å². The normalized spacial score (nSPS) is 15.8. The van der Waals surface area contributed by atoms with Crippen LogP contribution in [0, 0.1) is 26.2 Å². The molecule has 0 aliphatic rings. The number of aryl methyl sites for hydroxylation is 3. The Morgan fingerprint density at radius 1 is 1.00 bits per heavy atom. The van der Waals surface area contributed by atoms with Gasteiger partial charge in [0, 0.05) is 12.0 Å². The van der Waals surface area contributed by atoms with Crippen LogP contribution in [-0.4, -0.2) is 6.54 Å². The molecule has 2 heteroatoms. The van der Waals surface area contributed by atoms with Crippen molar-refractivity contribution in [1.29, 1.82) is 0 Å². The highest BCUT2D eigenvalue weighted by atomic mass is 19.1. The summed E-state index contributed by atoms with van der Waals surface area (Å²) in [5.74, 6) is 0. The molecule has 96 valence electrons.